The molecule has 0 aliphatic carbocycles. The number of amides is 1. The van der Waals surface area contributed by atoms with E-state index in [9.17, 15) is 9.59 Å². The third-order valence-corrected chi connectivity index (χ3v) is 3.76. The smallest absolute Gasteiger partial charge is 0.337 e. The number of benzene rings is 2. The monoisotopic (exact) mass is 341 g/mol. The fraction of sp³-hybridized carbons (Fsp3) is 0.300. The molecule has 1 N–H and O–H groups in total. The van der Waals surface area contributed by atoms with E-state index < -0.39 is 5.97 Å². The third kappa shape index (κ3) is 5.64. The minimum atomic E-state index is -0.408. The Morgan fingerprint density at radius 2 is 1.72 bits per heavy atom. The number of nitrogens with one attached hydrogen (secondary N) is 1. The van der Waals surface area contributed by atoms with E-state index in [1.165, 1.54) is 7.11 Å². The van der Waals surface area contributed by atoms with Crippen molar-refractivity contribution in [3.63, 3.8) is 0 Å². The molecule has 5 heteroatoms. The van der Waals surface area contributed by atoms with Gasteiger partial charge in [-0.15, -0.1) is 0 Å². The predicted octanol–water partition coefficient (Wildman–Crippen LogP) is 3.51. The summed E-state index contributed by atoms with van der Waals surface area (Å²) in [6, 6.07) is 16.3. The SMILES string of the molecule is CCC[C@@H](NC(=O)COc1ccc(C(=O)OC)cc1)c1ccccc1. The van der Waals surface area contributed by atoms with Crippen LogP contribution in [0.25, 0.3) is 0 Å². The van der Waals surface area contributed by atoms with Gasteiger partial charge >= 0.3 is 5.97 Å². The van der Waals surface area contributed by atoms with Crippen LogP contribution < -0.4 is 10.1 Å². The molecule has 0 heterocycles. The molecule has 0 bridgehead atoms. The van der Waals surface area contributed by atoms with Crippen LogP contribution in [0.3, 0.4) is 0 Å². The highest BCUT2D eigenvalue weighted by atomic mass is 16.5. The van der Waals surface area contributed by atoms with E-state index in [4.69, 9.17) is 4.74 Å². The molecule has 1 amide bonds. The lowest BCUT2D eigenvalue weighted by molar-refractivity contribution is -0.123. The Kier molecular flexibility index (Phi) is 7.01. The number of carbonyl (C=O) groups excluding carboxylic acids is 2. The van der Waals surface area contributed by atoms with Gasteiger partial charge in [-0.3, -0.25) is 4.79 Å². The minimum absolute atomic E-state index is 0.0241. The molecule has 2 rings (SSSR count). The van der Waals surface area contributed by atoms with Gasteiger partial charge in [-0.05, 0) is 36.2 Å². The van der Waals surface area contributed by atoms with Crippen molar-refractivity contribution in [3.05, 3.63) is 65.7 Å². The van der Waals surface area contributed by atoms with Gasteiger partial charge in [0.15, 0.2) is 6.61 Å². The van der Waals surface area contributed by atoms with Crippen LogP contribution >= 0.6 is 0 Å². The number of carbonyl (C=O) groups is 2. The van der Waals surface area contributed by atoms with Crippen molar-refractivity contribution >= 4 is 11.9 Å². The molecule has 0 aliphatic rings. The lowest BCUT2D eigenvalue weighted by Gasteiger charge is -2.18. The number of esters is 1. The third-order valence-electron chi connectivity index (χ3n) is 3.76. The Bertz CT molecular complexity index is 683. The van der Waals surface area contributed by atoms with Gasteiger partial charge < -0.3 is 14.8 Å². The summed E-state index contributed by atoms with van der Waals surface area (Å²) in [6.45, 7) is 2.01. The molecule has 0 radical (unpaired) electrons. The Balaban J connectivity index is 1.89. The van der Waals surface area contributed by atoms with Crippen molar-refractivity contribution < 1.29 is 19.1 Å². The Morgan fingerprint density at radius 3 is 2.32 bits per heavy atom. The largest absolute Gasteiger partial charge is 0.484 e. The normalized spacial score (nSPS) is 11.4. The number of methoxy groups -OCH3 is 1. The van der Waals surface area contributed by atoms with Crippen LogP contribution in [0.1, 0.15) is 41.7 Å². The fourth-order valence-corrected chi connectivity index (χ4v) is 2.49. The lowest BCUT2D eigenvalue weighted by Crippen LogP contribution is -2.32. The second-order valence-electron chi connectivity index (χ2n) is 5.62. The number of ether oxygens (including phenoxy) is 2. The molecular weight excluding hydrogens is 318 g/mol. The van der Waals surface area contributed by atoms with Crippen LogP contribution in [-0.2, 0) is 9.53 Å². The standard InChI is InChI=1S/C20H23NO4/c1-3-7-18(15-8-5-4-6-9-15)21-19(22)14-25-17-12-10-16(11-13-17)20(23)24-2/h4-6,8-13,18H,3,7,14H2,1-2H3,(H,21,22)/t18-/m1/s1. The number of hydrogen-bond acceptors (Lipinski definition) is 4. The first-order valence-electron chi connectivity index (χ1n) is 8.29. The second kappa shape index (κ2) is 9.47. The van der Waals surface area contributed by atoms with Gasteiger partial charge in [0, 0.05) is 0 Å². The second-order valence-corrected chi connectivity index (χ2v) is 5.62. The lowest BCUT2D eigenvalue weighted by atomic mass is 10.0. The molecule has 0 saturated carbocycles. The van der Waals surface area contributed by atoms with E-state index in [0.717, 1.165) is 18.4 Å². The van der Waals surface area contributed by atoms with Gasteiger partial charge in [0.05, 0.1) is 18.7 Å². The summed E-state index contributed by atoms with van der Waals surface area (Å²) >= 11 is 0. The van der Waals surface area contributed by atoms with Crippen molar-refractivity contribution in [1.29, 1.82) is 0 Å². The maximum Gasteiger partial charge on any atom is 0.337 e. The molecule has 0 unspecified atom stereocenters. The maximum atomic E-state index is 12.2. The van der Waals surface area contributed by atoms with Gasteiger partial charge in [-0.1, -0.05) is 43.7 Å². The average Bonchev–Trinajstić information content (AvgIpc) is 2.66. The zero-order chi connectivity index (χ0) is 18.1. The van der Waals surface area contributed by atoms with Crippen molar-refractivity contribution in [1.82, 2.24) is 5.32 Å². The summed E-state index contributed by atoms with van der Waals surface area (Å²) in [5.74, 6) is -0.0662. The molecule has 5 nitrogen and oxygen atoms in total. The summed E-state index contributed by atoms with van der Waals surface area (Å²) in [7, 11) is 1.33. The van der Waals surface area contributed by atoms with Crippen molar-refractivity contribution in [2.75, 3.05) is 13.7 Å². The van der Waals surface area contributed by atoms with Crippen molar-refractivity contribution in [2.45, 2.75) is 25.8 Å². The molecule has 0 spiro atoms. The van der Waals surface area contributed by atoms with E-state index >= 15 is 0 Å². The maximum absolute atomic E-state index is 12.2. The molecule has 0 aromatic heterocycles. The van der Waals surface area contributed by atoms with Crippen LogP contribution in [0, 0.1) is 0 Å². The molecular formula is C20H23NO4. The summed E-state index contributed by atoms with van der Waals surface area (Å²) in [4.78, 5) is 23.6. The Labute approximate surface area is 148 Å². The van der Waals surface area contributed by atoms with Gasteiger partial charge in [0.1, 0.15) is 5.75 Å². The van der Waals surface area contributed by atoms with Crippen LogP contribution in [0.15, 0.2) is 54.6 Å². The van der Waals surface area contributed by atoms with Gasteiger partial charge in [0.25, 0.3) is 5.91 Å². The zero-order valence-corrected chi connectivity index (χ0v) is 14.5. The first kappa shape index (κ1) is 18.5. The van der Waals surface area contributed by atoms with Gasteiger partial charge in [-0.25, -0.2) is 4.79 Å². The predicted molar refractivity (Wildman–Crippen MR) is 95.5 cm³/mol. The van der Waals surface area contributed by atoms with Crippen LogP contribution in [-0.4, -0.2) is 25.6 Å². The van der Waals surface area contributed by atoms with Crippen molar-refractivity contribution in [2.24, 2.45) is 0 Å². The molecule has 2 aromatic rings. The summed E-state index contributed by atoms with van der Waals surface area (Å²) < 4.78 is 10.1. The Hall–Kier alpha value is -2.82. The molecule has 2 aromatic carbocycles. The van der Waals surface area contributed by atoms with Crippen molar-refractivity contribution in [3.8, 4) is 5.75 Å². The highest BCUT2D eigenvalue weighted by Gasteiger charge is 2.14. The molecule has 0 aliphatic heterocycles. The number of rotatable bonds is 8. The molecule has 0 saturated heterocycles. The van der Waals surface area contributed by atoms with E-state index in [-0.39, 0.29) is 18.6 Å². The number of hydrogen-bond donors (Lipinski definition) is 1. The summed E-state index contributed by atoms with van der Waals surface area (Å²) in [5.41, 5.74) is 1.52. The summed E-state index contributed by atoms with van der Waals surface area (Å²) in [6.07, 6.45) is 1.83. The topological polar surface area (TPSA) is 64.6 Å². The van der Waals surface area contributed by atoms with Gasteiger partial charge in [0.2, 0.25) is 0 Å². The highest BCUT2D eigenvalue weighted by Crippen LogP contribution is 2.18. The quantitative estimate of drug-likeness (QED) is 0.746. The van der Waals surface area contributed by atoms with E-state index in [2.05, 4.69) is 17.0 Å². The van der Waals surface area contributed by atoms with Crippen LogP contribution in [0.2, 0.25) is 0 Å². The molecule has 0 fully saturated rings. The Morgan fingerprint density at radius 1 is 1.04 bits per heavy atom. The van der Waals surface area contributed by atoms with E-state index in [1.807, 2.05) is 30.3 Å². The van der Waals surface area contributed by atoms with Crippen LogP contribution in [0.4, 0.5) is 0 Å². The molecule has 25 heavy (non-hydrogen) atoms. The summed E-state index contributed by atoms with van der Waals surface area (Å²) in [5, 5.41) is 3.01. The first-order valence-corrected chi connectivity index (χ1v) is 8.29. The van der Waals surface area contributed by atoms with E-state index in [1.54, 1.807) is 24.3 Å². The minimum Gasteiger partial charge on any atom is -0.484 e. The fourth-order valence-electron chi connectivity index (χ4n) is 2.49. The van der Waals surface area contributed by atoms with E-state index in [0.29, 0.717) is 11.3 Å². The van der Waals surface area contributed by atoms with Gasteiger partial charge in [-0.2, -0.15) is 0 Å². The zero-order valence-electron chi connectivity index (χ0n) is 14.5. The molecule has 1 atom stereocenters. The average molecular weight is 341 g/mol. The highest BCUT2D eigenvalue weighted by molar-refractivity contribution is 5.89. The first-order chi connectivity index (χ1) is 12.1. The molecule has 132 valence electrons. The van der Waals surface area contributed by atoms with Crippen LogP contribution in [0.5, 0.6) is 5.75 Å².